The lowest BCUT2D eigenvalue weighted by Crippen LogP contribution is -2.54. The van der Waals surface area contributed by atoms with E-state index in [4.69, 9.17) is 4.74 Å². The summed E-state index contributed by atoms with van der Waals surface area (Å²) in [5.41, 5.74) is -0.317. The van der Waals surface area contributed by atoms with Crippen molar-refractivity contribution in [3.05, 3.63) is 11.6 Å². The minimum absolute atomic E-state index is 0.0366. The van der Waals surface area contributed by atoms with Crippen molar-refractivity contribution in [1.82, 2.24) is 20.1 Å². The smallest absolute Gasteiger partial charge is 0.293 e. The summed E-state index contributed by atoms with van der Waals surface area (Å²) in [5.74, 6) is 1.51. The molecule has 1 amide bonds. The summed E-state index contributed by atoms with van der Waals surface area (Å²) in [4.78, 5) is 18.5. The number of rotatable bonds is 2. The number of carbonyl (C=O) groups is 1. The molecule has 19 heavy (non-hydrogen) atoms. The van der Waals surface area contributed by atoms with Crippen LogP contribution in [0.15, 0.2) is 0 Å². The van der Waals surface area contributed by atoms with Gasteiger partial charge in [0.2, 0.25) is 5.82 Å². The van der Waals surface area contributed by atoms with Crippen LogP contribution >= 0.6 is 0 Å². The molecule has 1 atom stereocenters. The number of morpholine rings is 1. The second kappa shape index (κ2) is 4.30. The Hall–Kier alpha value is -1.43. The zero-order valence-corrected chi connectivity index (χ0v) is 11.6. The first-order valence-electron chi connectivity index (χ1n) is 6.84. The Bertz CT molecular complexity index is 493. The monoisotopic (exact) mass is 264 g/mol. The van der Waals surface area contributed by atoms with Gasteiger partial charge in [0.15, 0.2) is 0 Å². The number of H-pyrrole nitrogens is 1. The van der Waals surface area contributed by atoms with E-state index in [1.165, 1.54) is 0 Å². The fourth-order valence-corrected chi connectivity index (χ4v) is 2.66. The van der Waals surface area contributed by atoms with E-state index in [-0.39, 0.29) is 23.4 Å². The predicted octanol–water partition coefficient (Wildman–Crippen LogP) is 1.32. The third-order valence-electron chi connectivity index (χ3n) is 3.51. The molecule has 1 aromatic rings. The van der Waals surface area contributed by atoms with Gasteiger partial charge in [0, 0.05) is 19.0 Å². The second-order valence-electron chi connectivity index (χ2n) is 6.19. The molecule has 104 valence electrons. The second-order valence-corrected chi connectivity index (χ2v) is 6.19. The predicted molar refractivity (Wildman–Crippen MR) is 68.9 cm³/mol. The van der Waals surface area contributed by atoms with E-state index < -0.39 is 0 Å². The lowest BCUT2D eigenvalue weighted by atomic mass is 10.1. The normalized spacial score (nSPS) is 26.5. The topological polar surface area (TPSA) is 71.1 Å². The molecule has 0 spiro atoms. The summed E-state index contributed by atoms with van der Waals surface area (Å²) in [6.07, 6.45) is 2.32. The van der Waals surface area contributed by atoms with Crippen LogP contribution in [0.3, 0.4) is 0 Å². The average Bonchev–Trinajstić information content (AvgIpc) is 3.04. The molecule has 2 aliphatic rings. The highest BCUT2D eigenvalue weighted by atomic mass is 16.5. The van der Waals surface area contributed by atoms with Crippen LogP contribution in [0.5, 0.6) is 0 Å². The van der Waals surface area contributed by atoms with Crippen LogP contribution in [-0.4, -0.2) is 50.8 Å². The molecule has 0 bridgehead atoms. The van der Waals surface area contributed by atoms with Gasteiger partial charge in [-0.2, -0.15) is 0 Å². The Labute approximate surface area is 112 Å². The molecule has 1 unspecified atom stereocenters. The van der Waals surface area contributed by atoms with E-state index in [9.17, 15) is 4.79 Å². The summed E-state index contributed by atoms with van der Waals surface area (Å²) in [7, 11) is 0. The van der Waals surface area contributed by atoms with Gasteiger partial charge in [-0.1, -0.05) is 0 Å². The van der Waals surface area contributed by atoms with Crippen LogP contribution in [0.25, 0.3) is 0 Å². The fourth-order valence-electron chi connectivity index (χ4n) is 2.66. The van der Waals surface area contributed by atoms with E-state index in [1.807, 2.05) is 20.8 Å². The number of aromatic amines is 1. The number of hydrogen-bond acceptors (Lipinski definition) is 4. The lowest BCUT2D eigenvalue weighted by Gasteiger charge is -2.41. The molecule has 1 aliphatic carbocycles. The molecule has 6 heteroatoms. The van der Waals surface area contributed by atoms with Crippen LogP contribution < -0.4 is 0 Å². The fraction of sp³-hybridized carbons (Fsp3) is 0.769. The third kappa shape index (κ3) is 2.63. The molecule has 0 radical (unpaired) electrons. The van der Waals surface area contributed by atoms with E-state index >= 15 is 0 Å². The molecular formula is C13H20N4O2. The van der Waals surface area contributed by atoms with Gasteiger partial charge in [-0.05, 0) is 33.6 Å². The van der Waals surface area contributed by atoms with Gasteiger partial charge in [0.1, 0.15) is 5.82 Å². The SMILES string of the molecule is CC1CN(C(=O)c2n[nH]c(C3CC3)n2)CC(C)(C)O1. The standard InChI is InChI=1S/C13H20N4O2/c1-8-6-17(7-13(2,3)19-8)12(18)11-14-10(15-16-11)9-4-5-9/h8-9H,4-7H2,1-3H3,(H,14,15,16). The lowest BCUT2D eigenvalue weighted by molar-refractivity contribution is -0.119. The molecule has 1 N–H and O–H groups in total. The first kappa shape index (κ1) is 12.6. The number of carbonyl (C=O) groups excluding carboxylic acids is 1. The summed E-state index contributed by atoms with van der Waals surface area (Å²) >= 11 is 0. The minimum Gasteiger partial charge on any atom is -0.369 e. The first-order chi connectivity index (χ1) is 8.94. The van der Waals surface area contributed by atoms with E-state index in [0.717, 1.165) is 18.7 Å². The zero-order chi connectivity index (χ0) is 13.6. The molecule has 0 aromatic carbocycles. The van der Waals surface area contributed by atoms with E-state index in [1.54, 1.807) is 4.90 Å². The molecule has 2 heterocycles. The number of ether oxygens (including phenoxy) is 1. The highest BCUT2D eigenvalue weighted by Crippen LogP contribution is 2.37. The average molecular weight is 264 g/mol. The maximum Gasteiger partial charge on any atom is 0.293 e. The molecule has 2 fully saturated rings. The van der Waals surface area contributed by atoms with Crippen molar-refractivity contribution in [2.75, 3.05) is 13.1 Å². The summed E-state index contributed by atoms with van der Waals surface area (Å²) in [6, 6.07) is 0. The van der Waals surface area contributed by atoms with Crippen molar-refractivity contribution in [2.24, 2.45) is 0 Å². The van der Waals surface area contributed by atoms with Crippen molar-refractivity contribution < 1.29 is 9.53 Å². The Morgan fingerprint density at radius 3 is 2.84 bits per heavy atom. The van der Waals surface area contributed by atoms with Gasteiger partial charge >= 0.3 is 0 Å². The van der Waals surface area contributed by atoms with Gasteiger partial charge in [-0.15, -0.1) is 5.10 Å². The Morgan fingerprint density at radius 2 is 2.21 bits per heavy atom. The van der Waals surface area contributed by atoms with E-state index in [0.29, 0.717) is 19.0 Å². The zero-order valence-electron chi connectivity index (χ0n) is 11.6. The van der Waals surface area contributed by atoms with Gasteiger partial charge in [0.25, 0.3) is 5.91 Å². The van der Waals surface area contributed by atoms with E-state index in [2.05, 4.69) is 15.2 Å². The minimum atomic E-state index is -0.317. The summed E-state index contributed by atoms with van der Waals surface area (Å²) < 4.78 is 5.80. The van der Waals surface area contributed by atoms with Gasteiger partial charge in [-0.3, -0.25) is 9.89 Å². The largest absolute Gasteiger partial charge is 0.369 e. The molecule has 1 aliphatic heterocycles. The van der Waals surface area contributed by atoms with Crippen LogP contribution in [-0.2, 0) is 4.74 Å². The molecule has 6 nitrogen and oxygen atoms in total. The number of nitrogens with zero attached hydrogens (tertiary/aromatic N) is 3. The Balaban J connectivity index is 1.74. The molecule has 3 rings (SSSR count). The molecule has 1 aromatic heterocycles. The van der Waals surface area contributed by atoms with Crippen molar-refractivity contribution in [2.45, 2.75) is 51.2 Å². The molecule has 1 saturated carbocycles. The van der Waals surface area contributed by atoms with Crippen LogP contribution in [0, 0.1) is 0 Å². The van der Waals surface area contributed by atoms with Crippen molar-refractivity contribution in [3.8, 4) is 0 Å². The molecular weight excluding hydrogens is 244 g/mol. The number of aromatic nitrogens is 3. The maximum absolute atomic E-state index is 12.4. The maximum atomic E-state index is 12.4. The number of amides is 1. The highest BCUT2D eigenvalue weighted by molar-refractivity contribution is 5.90. The van der Waals surface area contributed by atoms with Crippen LogP contribution in [0.2, 0.25) is 0 Å². The van der Waals surface area contributed by atoms with Crippen LogP contribution in [0.1, 0.15) is 56.0 Å². The summed E-state index contributed by atoms with van der Waals surface area (Å²) in [5, 5.41) is 6.94. The first-order valence-corrected chi connectivity index (χ1v) is 6.84. The van der Waals surface area contributed by atoms with Crippen LogP contribution in [0.4, 0.5) is 0 Å². The Kier molecular flexibility index (Phi) is 2.85. The van der Waals surface area contributed by atoms with Gasteiger partial charge in [0.05, 0.1) is 11.7 Å². The highest BCUT2D eigenvalue weighted by Gasteiger charge is 2.36. The quantitative estimate of drug-likeness (QED) is 0.874. The van der Waals surface area contributed by atoms with Gasteiger partial charge in [-0.25, -0.2) is 4.98 Å². The van der Waals surface area contributed by atoms with Gasteiger partial charge < -0.3 is 9.64 Å². The molecule has 1 saturated heterocycles. The van der Waals surface area contributed by atoms with Crippen molar-refractivity contribution >= 4 is 5.91 Å². The number of hydrogen-bond donors (Lipinski definition) is 1. The van der Waals surface area contributed by atoms with Crippen molar-refractivity contribution in [1.29, 1.82) is 0 Å². The van der Waals surface area contributed by atoms with Crippen molar-refractivity contribution in [3.63, 3.8) is 0 Å². The Morgan fingerprint density at radius 1 is 1.47 bits per heavy atom. The third-order valence-corrected chi connectivity index (χ3v) is 3.51. The summed E-state index contributed by atoms with van der Waals surface area (Å²) in [6.45, 7) is 7.14. The number of nitrogens with one attached hydrogen (secondary N) is 1.